The monoisotopic (exact) mass is 602 g/mol. The summed E-state index contributed by atoms with van der Waals surface area (Å²) in [5.74, 6) is 1.20. The minimum atomic E-state index is -0.113. The number of para-hydroxylation sites is 3. The molecule has 0 fully saturated rings. The van der Waals surface area contributed by atoms with Crippen LogP contribution in [0.2, 0.25) is 0 Å². The maximum Gasteiger partial charge on any atom is 0.177 e. The number of carbonyl (C=O) groups excluding carboxylic acids is 3. The zero-order valence-corrected chi connectivity index (χ0v) is 24.2. The highest BCUT2D eigenvalue weighted by molar-refractivity contribution is 9.09. The van der Waals surface area contributed by atoms with Crippen molar-refractivity contribution in [2.24, 2.45) is 0 Å². The van der Waals surface area contributed by atoms with Crippen LogP contribution in [-0.4, -0.2) is 68.4 Å². The highest BCUT2D eigenvalue weighted by Gasteiger charge is 2.10. The van der Waals surface area contributed by atoms with Crippen molar-refractivity contribution in [3.05, 3.63) is 89.5 Å². The molecule has 0 saturated carbocycles. The molecule has 39 heavy (non-hydrogen) atoms. The van der Waals surface area contributed by atoms with Gasteiger partial charge in [0.2, 0.25) is 0 Å². The van der Waals surface area contributed by atoms with Crippen molar-refractivity contribution in [1.29, 1.82) is 0 Å². The van der Waals surface area contributed by atoms with E-state index in [0.717, 1.165) is 0 Å². The van der Waals surface area contributed by atoms with Gasteiger partial charge >= 0.3 is 0 Å². The maximum absolute atomic E-state index is 11.5. The smallest absolute Gasteiger partial charge is 0.177 e. The number of carbonyl (C=O) groups is 3. The van der Waals surface area contributed by atoms with Crippen LogP contribution in [0.4, 0.5) is 0 Å². The summed E-state index contributed by atoms with van der Waals surface area (Å²) in [6, 6.07) is 20.9. The first-order valence-electron chi connectivity index (χ1n) is 12.1. The van der Waals surface area contributed by atoms with Crippen molar-refractivity contribution >= 4 is 33.3 Å². The lowest BCUT2D eigenvalue weighted by Crippen LogP contribution is -2.08. The second kappa shape index (κ2) is 19.5. The molecule has 0 aliphatic carbocycles. The largest absolute Gasteiger partial charge is 0.507 e. The normalized spacial score (nSPS) is 9.77. The third-order valence-corrected chi connectivity index (χ3v) is 5.46. The first-order chi connectivity index (χ1) is 18.8. The van der Waals surface area contributed by atoms with Crippen molar-refractivity contribution in [1.82, 2.24) is 0 Å². The lowest BCUT2D eigenvalue weighted by atomic mass is 10.1. The third-order valence-electron chi connectivity index (χ3n) is 4.95. The van der Waals surface area contributed by atoms with Crippen molar-refractivity contribution < 1.29 is 38.4 Å². The van der Waals surface area contributed by atoms with E-state index in [4.69, 9.17) is 24.1 Å². The van der Waals surface area contributed by atoms with E-state index in [2.05, 4.69) is 15.9 Å². The van der Waals surface area contributed by atoms with Gasteiger partial charge in [-0.2, -0.15) is 0 Å². The molecule has 0 aromatic heterocycles. The minimum Gasteiger partial charge on any atom is -0.507 e. The van der Waals surface area contributed by atoms with Gasteiger partial charge in [0.05, 0.1) is 35.2 Å². The fraction of sp³-hybridized carbons (Fsp3) is 0.300. The molecule has 0 heterocycles. The number of halogens is 1. The molecule has 0 spiro atoms. The Morgan fingerprint density at radius 1 is 0.641 bits per heavy atom. The Morgan fingerprint density at radius 3 is 1.46 bits per heavy atom. The number of benzene rings is 3. The lowest BCUT2D eigenvalue weighted by molar-refractivity contribution is 0.0998. The Morgan fingerprint density at radius 2 is 1.05 bits per heavy atom. The van der Waals surface area contributed by atoms with Gasteiger partial charge in [-0.25, -0.2) is 0 Å². The summed E-state index contributed by atoms with van der Waals surface area (Å²) in [5, 5.41) is 9.36. The number of Topliss-reactive ketones (excluding diaryl/α,β-unsaturated/α-hetero) is 3. The standard InChI is InChI=1S/C11H13BrO3.C11H14O3.C8H8O2/c1-14-6-7-15-11-5-3-2-4-9(11)10(13)8-12;1-9(12)10-5-3-4-6-11(10)14-8-7-13-2;1-6(9)7-4-2-3-5-8(7)10/h2-5H,6-8H2,1H3;3-6H,7-8H2,1-2H3;2-5,10H,1H3. The molecule has 3 rings (SSSR count). The number of ketones is 3. The van der Waals surface area contributed by atoms with Crippen molar-refractivity contribution in [3.63, 3.8) is 0 Å². The summed E-state index contributed by atoms with van der Waals surface area (Å²) >= 11 is 3.14. The molecule has 9 heteroatoms. The van der Waals surface area contributed by atoms with E-state index in [1.165, 1.54) is 19.9 Å². The maximum atomic E-state index is 11.5. The van der Waals surface area contributed by atoms with E-state index < -0.39 is 0 Å². The number of hydrogen-bond donors (Lipinski definition) is 1. The highest BCUT2D eigenvalue weighted by Crippen LogP contribution is 2.19. The molecule has 0 unspecified atom stereocenters. The summed E-state index contributed by atoms with van der Waals surface area (Å²) in [7, 11) is 3.22. The highest BCUT2D eigenvalue weighted by atomic mass is 79.9. The number of phenolic OH excluding ortho intramolecular Hbond substituents is 1. The SMILES string of the molecule is CC(=O)c1ccccc1O.COCCOc1ccccc1C(=O)CBr.COCCOc1ccccc1C(C)=O. The predicted octanol–water partition coefficient (Wildman–Crippen LogP) is 5.80. The van der Waals surface area contributed by atoms with Gasteiger partial charge in [0.15, 0.2) is 17.3 Å². The molecule has 210 valence electrons. The quantitative estimate of drug-likeness (QED) is 0.157. The fourth-order valence-electron chi connectivity index (χ4n) is 3.02. The molecule has 3 aromatic rings. The van der Waals surface area contributed by atoms with Crippen LogP contribution in [0.1, 0.15) is 44.9 Å². The van der Waals surface area contributed by atoms with Crippen LogP contribution in [-0.2, 0) is 9.47 Å². The first kappa shape index (κ1) is 33.5. The van der Waals surface area contributed by atoms with E-state index in [1.807, 2.05) is 24.3 Å². The Balaban J connectivity index is 0.000000298. The van der Waals surface area contributed by atoms with Gasteiger partial charge in [-0.3, -0.25) is 14.4 Å². The van der Waals surface area contributed by atoms with Gasteiger partial charge in [0.1, 0.15) is 30.5 Å². The summed E-state index contributed by atoms with van der Waals surface area (Å²) in [4.78, 5) is 33.4. The fourth-order valence-corrected chi connectivity index (χ4v) is 3.32. The Bertz CT molecular complexity index is 1180. The molecule has 0 bridgehead atoms. The van der Waals surface area contributed by atoms with Gasteiger partial charge in [-0.15, -0.1) is 0 Å². The van der Waals surface area contributed by atoms with Crippen molar-refractivity contribution in [2.75, 3.05) is 46.0 Å². The number of ether oxygens (including phenoxy) is 4. The molecule has 0 atom stereocenters. The van der Waals surface area contributed by atoms with Gasteiger partial charge in [0, 0.05) is 14.2 Å². The minimum absolute atomic E-state index is 0.0121. The van der Waals surface area contributed by atoms with Gasteiger partial charge < -0.3 is 24.1 Å². The van der Waals surface area contributed by atoms with Gasteiger partial charge in [0.25, 0.3) is 0 Å². The molecular formula is C30H35BrO8. The Kier molecular flexibility index (Phi) is 16.8. The second-order valence-electron chi connectivity index (χ2n) is 7.86. The summed E-state index contributed by atoms with van der Waals surface area (Å²) in [5.41, 5.74) is 1.59. The molecule has 0 saturated heterocycles. The average molecular weight is 604 g/mol. The zero-order valence-electron chi connectivity index (χ0n) is 22.6. The van der Waals surface area contributed by atoms with Crippen LogP contribution in [0, 0.1) is 0 Å². The second-order valence-corrected chi connectivity index (χ2v) is 8.42. The summed E-state index contributed by atoms with van der Waals surface area (Å²) < 4.78 is 20.6. The lowest BCUT2D eigenvalue weighted by Gasteiger charge is -2.09. The van der Waals surface area contributed by atoms with Crippen LogP contribution in [0.25, 0.3) is 0 Å². The molecule has 0 radical (unpaired) electrons. The van der Waals surface area contributed by atoms with Crippen LogP contribution >= 0.6 is 15.9 Å². The predicted molar refractivity (Wildman–Crippen MR) is 154 cm³/mol. The first-order valence-corrected chi connectivity index (χ1v) is 13.2. The molecule has 0 amide bonds. The number of phenols is 1. The van der Waals surface area contributed by atoms with Crippen LogP contribution in [0.15, 0.2) is 72.8 Å². The van der Waals surface area contributed by atoms with E-state index in [-0.39, 0.29) is 23.1 Å². The van der Waals surface area contributed by atoms with E-state index in [1.54, 1.807) is 56.7 Å². The molecule has 1 N–H and O–H groups in total. The summed E-state index contributed by atoms with van der Waals surface area (Å²) in [6.45, 7) is 4.89. The average Bonchev–Trinajstić information content (AvgIpc) is 2.94. The Hall–Kier alpha value is -3.53. The Labute approximate surface area is 238 Å². The van der Waals surface area contributed by atoms with Crippen LogP contribution < -0.4 is 9.47 Å². The molecular weight excluding hydrogens is 568 g/mol. The molecule has 8 nitrogen and oxygen atoms in total. The summed E-state index contributed by atoms with van der Waals surface area (Å²) in [6.07, 6.45) is 0. The van der Waals surface area contributed by atoms with E-state index in [9.17, 15) is 14.4 Å². The van der Waals surface area contributed by atoms with Crippen molar-refractivity contribution in [2.45, 2.75) is 13.8 Å². The molecule has 0 aliphatic rings. The van der Waals surface area contributed by atoms with E-state index >= 15 is 0 Å². The number of hydrogen-bond acceptors (Lipinski definition) is 8. The van der Waals surface area contributed by atoms with Crippen LogP contribution in [0.5, 0.6) is 17.2 Å². The zero-order chi connectivity index (χ0) is 29.0. The number of aromatic hydroxyl groups is 1. The van der Waals surface area contributed by atoms with Crippen LogP contribution in [0.3, 0.4) is 0 Å². The third kappa shape index (κ3) is 12.7. The number of rotatable bonds is 12. The molecule has 3 aromatic carbocycles. The topological polar surface area (TPSA) is 108 Å². The van der Waals surface area contributed by atoms with E-state index in [0.29, 0.717) is 59.9 Å². The number of alkyl halides is 1. The number of methoxy groups -OCH3 is 2. The van der Waals surface area contributed by atoms with Gasteiger partial charge in [-0.05, 0) is 50.2 Å². The van der Waals surface area contributed by atoms with Crippen molar-refractivity contribution in [3.8, 4) is 17.2 Å². The molecule has 0 aliphatic heterocycles. The van der Waals surface area contributed by atoms with Gasteiger partial charge in [-0.1, -0.05) is 52.3 Å².